The average molecular weight is 274 g/mol. The lowest BCUT2D eigenvalue weighted by atomic mass is 9.95. The van der Waals surface area contributed by atoms with Gasteiger partial charge in [0.1, 0.15) is 0 Å². The standard InChI is InChI=1S/C17H26N2O/c1-3-12-19-16(20)7-5-6-15(18)17(19)14-10-8-13(4-2)9-11-14/h8-11,15,17H,3-7,12,18H2,1-2H3. The molecule has 1 aromatic carbocycles. The molecule has 0 bridgehead atoms. The minimum absolute atomic E-state index is 0.0378. The van der Waals surface area contributed by atoms with Gasteiger partial charge in [-0.05, 0) is 36.8 Å². The first-order chi connectivity index (χ1) is 9.67. The molecule has 2 atom stereocenters. The molecule has 1 amide bonds. The van der Waals surface area contributed by atoms with E-state index in [9.17, 15) is 4.79 Å². The molecule has 1 fully saturated rings. The van der Waals surface area contributed by atoms with Crippen LogP contribution in [0.25, 0.3) is 0 Å². The van der Waals surface area contributed by atoms with Crippen molar-refractivity contribution in [2.75, 3.05) is 6.54 Å². The van der Waals surface area contributed by atoms with Crippen LogP contribution in [0.5, 0.6) is 0 Å². The van der Waals surface area contributed by atoms with Gasteiger partial charge in [-0.25, -0.2) is 0 Å². The highest BCUT2D eigenvalue weighted by Gasteiger charge is 2.32. The first-order valence-corrected chi connectivity index (χ1v) is 7.81. The van der Waals surface area contributed by atoms with E-state index in [-0.39, 0.29) is 18.0 Å². The van der Waals surface area contributed by atoms with Crippen LogP contribution in [-0.2, 0) is 11.2 Å². The van der Waals surface area contributed by atoms with Crippen LogP contribution in [0, 0.1) is 0 Å². The molecule has 2 N–H and O–H groups in total. The number of nitrogens with zero attached hydrogens (tertiary/aromatic N) is 1. The molecule has 2 unspecified atom stereocenters. The second kappa shape index (κ2) is 6.89. The van der Waals surface area contributed by atoms with Crippen molar-refractivity contribution in [1.82, 2.24) is 4.90 Å². The molecular formula is C17H26N2O. The van der Waals surface area contributed by atoms with Crippen LogP contribution in [0.15, 0.2) is 24.3 Å². The van der Waals surface area contributed by atoms with Crippen LogP contribution in [0.1, 0.15) is 56.7 Å². The Morgan fingerprint density at radius 3 is 2.55 bits per heavy atom. The quantitative estimate of drug-likeness (QED) is 0.917. The van der Waals surface area contributed by atoms with E-state index >= 15 is 0 Å². The molecule has 20 heavy (non-hydrogen) atoms. The topological polar surface area (TPSA) is 46.3 Å². The Morgan fingerprint density at radius 1 is 1.25 bits per heavy atom. The summed E-state index contributed by atoms with van der Waals surface area (Å²) in [5.41, 5.74) is 8.87. The van der Waals surface area contributed by atoms with Gasteiger partial charge < -0.3 is 10.6 Å². The highest BCUT2D eigenvalue weighted by Crippen LogP contribution is 2.30. The molecule has 3 nitrogen and oxygen atoms in total. The van der Waals surface area contributed by atoms with Crippen molar-refractivity contribution < 1.29 is 4.79 Å². The van der Waals surface area contributed by atoms with Crippen LogP contribution in [0.4, 0.5) is 0 Å². The summed E-state index contributed by atoms with van der Waals surface area (Å²) >= 11 is 0. The number of benzene rings is 1. The zero-order valence-corrected chi connectivity index (χ0v) is 12.6. The number of aryl methyl sites for hydroxylation is 1. The van der Waals surface area contributed by atoms with Gasteiger partial charge in [-0.1, -0.05) is 38.1 Å². The third-order valence-electron chi connectivity index (χ3n) is 4.18. The lowest BCUT2D eigenvalue weighted by molar-refractivity contribution is -0.133. The molecule has 0 spiro atoms. The Kier molecular flexibility index (Phi) is 5.18. The van der Waals surface area contributed by atoms with Gasteiger partial charge in [-0.2, -0.15) is 0 Å². The SMILES string of the molecule is CCCN1C(=O)CCCC(N)C1c1ccc(CC)cc1. The maximum Gasteiger partial charge on any atom is 0.223 e. The summed E-state index contributed by atoms with van der Waals surface area (Å²) in [6, 6.07) is 8.68. The van der Waals surface area contributed by atoms with E-state index in [4.69, 9.17) is 5.73 Å². The van der Waals surface area contributed by atoms with Gasteiger partial charge in [0.15, 0.2) is 0 Å². The highest BCUT2D eigenvalue weighted by molar-refractivity contribution is 5.77. The number of likely N-dealkylation sites (tertiary alicyclic amines) is 1. The molecule has 1 aliphatic rings. The summed E-state index contributed by atoms with van der Waals surface area (Å²) in [7, 11) is 0. The van der Waals surface area contributed by atoms with E-state index < -0.39 is 0 Å². The fourth-order valence-electron chi connectivity index (χ4n) is 3.06. The molecule has 0 aromatic heterocycles. The number of carbonyl (C=O) groups excluding carboxylic acids is 1. The van der Waals surface area contributed by atoms with Crippen molar-refractivity contribution in [2.45, 2.75) is 58.0 Å². The van der Waals surface area contributed by atoms with Gasteiger partial charge in [0.2, 0.25) is 5.91 Å². The summed E-state index contributed by atoms with van der Waals surface area (Å²) in [4.78, 5) is 14.3. The molecule has 1 aliphatic heterocycles. The first-order valence-electron chi connectivity index (χ1n) is 7.81. The summed E-state index contributed by atoms with van der Waals surface area (Å²) in [5.74, 6) is 0.254. The van der Waals surface area contributed by atoms with E-state index in [1.807, 2.05) is 4.90 Å². The molecule has 1 saturated heterocycles. The maximum atomic E-state index is 12.3. The minimum atomic E-state index is 0.0378. The van der Waals surface area contributed by atoms with Crippen molar-refractivity contribution >= 4 is 5.91 Å². The van der Waals surface area contributed by atoms with Crippen molar-refractivity contribution in [2.24, 2.45) is 5.73 Å². The molecule has 1 heterocycles. The van der Waals surface area contributed by atoms with Crippen molar-refractivity contribution in [3.63, 3.8) is 0 Å². The van der Waals surface area contributed by atoms with E-state index in [1.165, 1.54) is 11.1 Å². The Hall–Kier alpha value is -1.35. The number of hydrogen-bond donors (Lipinski definition) is 1. The normalized spacial score (nSPS) is 23.8. The van der Waals surface area contributed by atoms with E-state index in [0.29, 0.717) is 6.42 Å². The zero-order valence-electron chi connectivity index (χ0n) is 12.6. The van der Waals surface area contributed by atoms with Crippen LogP contribution < -0.4 is 5.73 Å². The van der Waals surface area contributed by atoms with Gasteiger partial charge >= 0.3 is 0 Å². The van der Waals surface area contributed by atoms with Crippen molar-refractivity contribution in [1.29, 1.82) is 0 Å². The van der Waals surface area contributed by atoms with Crippen LogP contribution in [0.2, 0.25) is 0 Å². The molecule has 1 aromatic rings. The predicted molar refractivity (Wildman–Crippen MR) is 82.4 cm³/mol. The monoisotopic (exact) mass is 274 g/mol. The Bertz CT molecular complexity index is 441. The average Bonchev–Trinajstić information content (AvgIpc) is 2.59. The van der Waals surface area contributed by atoms with Crippen molar-refractivity contribution in [3.8, 4) is 0 Å². The lowest BCUT2D eigenvalue weighted by Gasteiger charge is -2.34. The maximum absolute atomic E-state index is 12.3. The molecule has 0 radical (unpaired) electrons. The summed E-state index contributed by atoms with van der Waals surface area (Å²) in [5, 5.41) is 0. The molecule has 0 saturated carbocycles. The summed E-state index contributed by atoms with van der Waals surface area (Å²) < 4.78 is 0. The number of nitrogens with two attached hydrogens (primary N) is 1. The third kappa shape index (κ3) is 3.21. The van der Waals surface area contributed by atoms with Crippen LogP contribution >= 0.6 is 0 Å². The summed E-state index contributed by atoms with van der Waals surface area (Å²) in [6.07, 6.45) is 4.48. The predicted octanol–water partition coefficient (Wildman–Crippen LogP) is 3.04. The Balaban J connectivity index is 2.32. The zero-order chi connectivity index (χ0) is 14.5. The van der Waals surface area contributed by atoms with Crippen LogP contribution in [0.3, 0.4) is 0 Å². The molecule has 3 heteroatoms. The fourth-order valence-corrected chi connectivity index (χ4v) is 3.06. The van der Waals surface area contributed by atoms with Crippen molar-refractivity contribution in [3.05, 3.63) is 35.4 Å². The van der Waals surface area contributed by atoms with Gasteiger partial charge in [-0.15, -0.1) is 0 Å². The number of hydrogen-bond acceptors (Lipinski definition) is 2. The second-order valence-electron chi connectivity index (χ2n) is 5.68. The second-order valence-corrected chi connectivity index (χ2v) is 5.68. The highest BCUT2D eigenvalue weighted by atomic mass is 16.2. The first kappa shape index (κ1) is 15.0. The fraction of sp³-hybridized carbons (Fsp3) is 0.588. The van der Waals surface area contributed by atoms with Gasteiger partial charge in [-0.3, -0.25) is 4.79 Å². The smallest absolute Gasteiger partial charge is 0.223 e. The van der Waals surface area contributed by atoms with E-state index in [2.05, 4.69) is 38.1 Å². The molecule has 2 rings (SSSR count). The largest absolute Gasteiger partial charge is 0.334 e. The van der Waals surface area contributed by atoms with E-state index in [0.717, 1.165) is 32.2 Å². The Morgan fingerprint density at radius 2 is 1.95 bits per heavy atom. The Labute approximate surface area is 122 Å². The molecular weight excluding hydrogens is 248 g/mol. The number of rotatable bonds is 4. The molecule has 0 aliphatic carbocycles. The van der Waals surface area contributed by atoms with Crippen LogP contribution in [-0.4, -0.2) is 23.4 Å². The summed E-state index contributed by atoms with van der Waals surface area (Å²) in [6.45, 7) is 5.06. The third-order valence-corrected chi connectivity index (χ3v) is 4.18. The number of carbonyl (C=O) groups is 1. The molecule has 110 valence electrons. The number of amides is 1. The van der Waals surface area contributed by atoms with Gasteiger partial charge in [0.25, 0.3) is 0 Å². The van der Waals surface area contributed by atoms with Gasteiger partial charge in [0, 0.05) is 19.0 Å². The van der Waals surface area contributed by atoms with Gasteiger partial charge in [0.05, 0.1) is 6.04 Å². The minimum Gasteiger partial charge on any atom is -0.334 e. The van der Waals surface area contributed by atoms with E-state index in [1.54, 1.807) is 0 Å². The lowest BCUT2D eigenvalue weighted by Crippen LogP contribution is -2.42.